The summed E-state index contributed by atoms with van der Waals surface area (Å²) >= 11 is 0. The maximum absolute atomic E-state index is 12.0. The van der Waals surface area contributed by atoms with Crippen LogP contribution in [0.15, 0.2) is 0 Å². The predicted octanol–water partition coefficient (Wildman–Crippen LogP) is 0.737. The van der Waals surface area contributed by atoms with Gasteiger partial charge >= 0.3 is 6.18 Å². The zero-order chi connectivity index (χ0) is 13.8. The molecule has 0 aromatic rings. The molecule has 1 aliphatic heterocycles. The van der Waals surface area contributed by atoms with Gasteiger partial charge in [0.05, 0.1) is 6.04 Å². The molecule has 1 aliphatic rings. The molecule has 0 saturated carbocycles. The molecule has 0 radical (unpaired) electrons. The summed E-state index contributed by atoms with van der Waals surface area (Å²) in [4.78, 5) is 13.6. The zero-order valence-electron chi connectivity index (χ0n) is 10.7. The van der Waals surface area contributed by atoms with E-state index in [0.717, 1.165) is 19.5 Å². The third-order valence-electron chi connectivity index (χ3n) is 3.05. The van der Waals surface area contributed by atoms with E-state index in [0.29, 0.717) is 6.54 Å². The van der Waals surface area contributed by atoms with Gasteiger partial charge in [-0.3, -0.25) is 9.69 Å². The number of amides is 1. The summed E-state index contributed by atoms with van der Waals surface area (Å²) < 4.78 is 36.1. The monoisotopic (exact) mass is 267 g/mol. The summed E-state index contributed by atoms with van der Waals surface area (Å²) in [6.07, 6.45) is -3.49. The van der Waals surface area contributed by atoms with Crippen LogP contribution in [-0.4, -0.2) is 55.2 Å². The summed E-state index contributed by atoms with van der Waals surface area (Å²) in [6, 6.07) is -0.281. The molecule has 18 heavy (non-hydrogen) atoms. The molecule has 0 spiro atoms. The second-order valence-electron chi connectivity index (χ2n) is 4.56. The van der Waals surface area contributed by atoms with Crippen molar-refractivity contribution in [3.63, 3.8) is 0 Å². The fourth-order valence-corrected chi connectivity index (χ4v) is 1.94. The number of rotatable bonds is 6. The van der Waals surface area contributed by atoms with Crippen molar-refractivity contribution in [2.75, 3.05) is 26.2 Å². The van der Waals surface area contributed by atoms with Crippen LogP contribution in [0.25, 0.3) is 0 Å². The Morgan fingerprint density at radius 3 is 2.50 bits per heavy atom. The van der Waals surface area contributed by atoms with Gasteiger partial charge in [-0.2, -0.15) is 13.2 Å². The Kier molecular flexibility index (Phi) is 5.40. The Morgan fingerprint density at radius 2 is 2.11 bits per heavy atom. The molecule has 1 heterocycles. The number of carbonyl (C=O) groups excluding carboxylic acids is 1. The first-order chi connectivity index (χ1) is 8.35. The molecule has 1 fully saturated rings. The zero-order valence-corrected chi connectivity index (χ0v) is 10.7. The van der Waals surface area contributed by atoms with Crippen LogP contribution in [0.4, 0.5) is 13.2 Å². The smallest absolute Gasteiger partial charge is 0.346 e. The van der Waals surface area contributed by atoms with Crippen LogP contribution in [0.2, 0.25) is 0 Å². The molecule has 0 aromatic heterocycles. The minimum absolute atomic E-state index is 0.247. The highest BCUT2D eigenvalue weighted by atomic mass is 19.4. The van der Waals surface area contributed by atoms with Gasteiger partial charge in [-0.15, -0.1) is 0 Å². The largest absolute Gasteiger partial charge is 0.405 e. The lowest BCUT2D eigenvalue weighted by atomic mass is 10.1. The van der Waals surface area contributed by atoms with Gasteiger partial charge in [0.15, 0.2) is 0 Å². The van der Waals surface area contributed by atoms with E-state index in [1.807, 2.05) is 17.1 Å². The van der Waals surface area contributed by atoms with Crippen molar-refractivity contribution in [3.8, 4) is 0 Å². The van der Waals surface area contributed by atoms with Crippen molar-refractivity contribution < 1.29 is 18.0 Å². The van der Waals surface area contributed by atoms with E-state index in [1.54, 1.807) is 6.92 Å². The van der Waals surface area contributed by atoms with E-state index >= 15 is 0 Å². The SMILES string of the molecule is CCCN(C1CNC1)C(C)C(=O)NCC(F)(F)F. The van der Waals surface area contributed by atoms with E-state index in [1.165, 1.54) is 0 Å². The Labute approximate surface area is 105 Å². The predicted molar refractivity (Wildman–Crippen MR) is 62.2 cm³/mol. The number of hydrogen-bond acceptors (Lipinski definition) is 3. The topological polar surface area (TPSA) is 44.4 Å². The lowest BCUT2D eigenvalue weighted by Crippen LogP contribution is -2.62. The van der Waals surface area contributed by atoms with E-state index in [9.17, 15) is 18.0 Å². The van der Waals surface area contributed by atoms with Crippen molar-refractivity contribution in [2.24, 2.45) is 0 Å². The molecule has 4 nitrogen and oxygen atoms in total. The number of nitrogens with one attached hydrogen (secondary N) is 2. The normalized spacial score (nSPS) is 18.6. The fourth-order valence-electron chi connectivity index (χ4n) is 1.94. The van der Waals surface area contributed by atoms with Crippen LogP contribution in [-0.2, 0) is 4.79 Å². The maximum atomic E-state index is 12.0. The summed E-state index contributed by atoms with van der Waals surface area (Å²) in [5, 5.41) is 5.04. The molecule has 1 amide bonds. The molecule has 1 rings (SSSR count). The Bertz CT molecular complexity index is 279. The van der Waals surface area contributed by atoms with Gasteiger partial charge in [0.2, 0.25) is 5.91 Å². The molecule has 1 saturated heterocycles. The number of halogens is 3. The second-order valence-corrected chi connectivity index (χ2v) is 4.56. The van der Waals surface area contributed by atoms with Crippen molar-refractivity contribution in [1.29, 1.82) is 0 Å². The summed E-state index contributed by atoms with van der Waals surface area (Å²) in [7, 11) is 0. The Hall–Kier alpha value is -0.820. The quantitative estimate of drug-likeness (QED) is 0.746. The lowest BCUT2D eigenvalue weighted by Gasteiger charge is -2.41. The molecule has 1 atom stereocenters. The van der Waals surface area contributed by atoms with E-state index in [4.69, 9.17) is 0 Å². The van der Waals surface area contributed by atoms with Crippen molar-refractivity contribution in [1.82, 2.24) is 15.5 Å². The minimum Gasteiger partial charge on any atom is -0.346 e. The van der Waals surface area contributed by atoms with Crippen LogP contribution >= 0.6 is 0 Å². The van der Waals surface area contributed by atoms with E-state index < -0.39 is 24.7 Å². The third-order valence-corrected chi connectivity index (χ3v) is 3.05. The highest BCUT2D eigenvalue weighted by molar-refractivity contribution is 5.81. The van der Waals surface area contributed by atoms with Gasteiger partial charge in [-0.05, 0) is 19.9 Å². The van der Waals surface area contributed by atoms with Crippen LogP contribution in [0, 0.1) is 0 Å². The first-order valence-electron chi connectivity index (χ1n) is 6.16. The average molecular weight is 267 g/mol. The van der Waals surface area contributed by atoms with Crippen LogP contribution in [0.3, 0.4) is 0 Å². The summed E-state index contributed by atoms with van der Waals surface area (Å²) in [5.74, 6) is -0.562. The van der Waals surface area contributed by atoms with Crippen LogP contribution in [0.5, 0.6) is 0 Å². The molecule has 0 aromatic carbocycles. The highest BCUT2D eigenvalue weighted by Crippen LogP contribution is 2.14. The summed E-state index contributed by atoms with van der Waals surface area (Å²) in [5.41, 5.74) is 0. The van der Waals surface area contributed by atoms with E-state index in [-0.39, 0.29) is 6.04 Å². The number of alkyl halides is 3. The fraction of sp³-hybridized carbons (Fsp3) is 0.909. The molecule has 1 unspecified atom stereocenters. The number of carbonyl (C=O) groups is 1. The maximum Gasteiger partial charge on any atom is 0.405 e. The summed E-state index contributed by atoms with van der Waals surface area (Å²) in [6.45, 7) is 4.67. The molecule has 2 N–H and O–H groups in total. The van der Waals surface area contributed by atoms with E-state index in [2.05, 4.69) is 5.32 Å². The molecule has 106 valence electrons. The van der Waals surface area contributed by atoms with Crippen LogP contribution in [0.1, 0.15) is 20.3 Å². The van der Waals surface area contributed by atoms with Gasteiger partial charge in [0, 0.05) is 19.1 Å². The van der Waals surface area contributed by atoms with Gasteiger partial charge in [-0.25, -0.2) is 0 Å². The molecular formula is C11H20F3N3O. The third kappa shape index (κ3) is 4.45. The minimum atomic E-state index is -4.36. The van der Waals surface area contributed by atoms with Gasteiger partial charge in [-0.1, -0.05) is 6.92 Å². The van der Waals surface area contributed by atoms with Crippen LogP contribution < -0.4 is 10.6 Å². The molecular weight excluding hydrogens is 247 g/mol. The van der Waals surface area contributed by atoms with Crippen molar-refractivity contribution in [2.45, 2.75) is 38.5 Å². The van der Waals surface area contributed by atoms with Gasteiger partial charge in [0.25, 0.3) is 0 Å². The Balaban J connectivity index is 2.48. The van der Waals surface area contributed by atoms with Crippen molar-refractivity contribution in [3.05, 3.63) is 0 Å². The Morgan fingerprint density at radius 1 is 1.50 bits per heavy atom. The highest BCUT2D eigenvalue weighted by Gasteiger charge is 2.33. The van der Waals surface area contributed by atoms with Crippen molar-refractivity contribution >= 4 is 5.91 Å². The van der Waals surface area contributed by atoms with Gasteiger partial charge in [0.1, 0.15) is 6.54 Å². The second kappa shape index (κ2) is 6.38. The van der Waals surface area contributed by atoms with Gasteiger partial charge < -0.3 is 10.6 Å². The number of nitrogens with zero attached hydrogens (tertiary/aromatic N) is 1. The average Bonchev–Trinajstić information content (AvgIpc) is 2.20. The molecule has 0 bridgehead atoms. The standard InChI is InChI=1S/C11H20F3N3O/c1-3-4-17(9-5-15-6-9)8(2)10(18)16-7-11(12,13)14/h8-9,15H,3-7H2,1-2H3,(H,16,18). The first-order valence-corrected chi connectivity index (χ1v) is 6.16. The molecule has 0 aliphatic carbocycles. The molecule has 7 heteroatoms. The first kappa shape index (κ1) is 15.2. The number of hydrogen-bond donors (Lipinski definition) is 2. The lowest BCUT2D eigenvalue weighted by molar-refractivity contribution is -0.142.